The van der Waals surface area contributed by atoms with Crippen molar-refractivity contribution in [2.45, 2.75) is 31.7 Å². The van der Waals surface area contributed by atoms with Crippen molar-refractivity contribution in [3.05, 3.63) is 0 Å². The second kappa shape index (κ2) is 5.35. The molecule has 2 fully saturated rings. The van der Waals surface area contributed by atoms with E-state index in [1.807, 2.05) is 0 Å². The Hall–Kier alpha value is -0.620. The Kier molecular flexibility index (Phi) is 4.04. The molecule has 0 aromatic carbocycles. The summed E-state index contributed by atoms with van der Waals surface area (Å²) in [6.45, 7) is 1.24. The molecule has 1 saturated carbocycles. The third-order valence-corrected chi connectivity index (χ3v) is 5.09. The van der Waals surface area contributed by atoms with Crippen molar-refractivity contribution in [1.82, 2.24) is 10.6 Å². The van der Waals surface area contributed by atoms with E-state index in [1.165, 1.54) is 0 Å². The predicted octanol–water partition coefficient (Wildman–Crippen LogP) is -0.321. The highest BCUT2D eigenvalue weighted by Crippen LogP contribution is 2.28. The molecule has 0 aromatic rings. The normalized spacial score (nSPS) is 27.6. The summed E-state index contributed by atoms with van der Waals surface area (Å²) in [6, 6.07) is 0.0616. The first kappa shape index (κ1) is 12.8. The molecule has 98 valence electrons. The maximum atomic E-state index is 11.4. The smallest absolute Gasteiger partial charge is 0.223 e. The lowest BCUT2D eigenvalue weighted by Crippen LogP contribution is -2.43. The molecule has 1 unspecified atom stereocenters. The SMILES string of the molecule is O=C(NCCNC1CCCS(=O)(=O)C1)C1CC1. The fraction of sp³-hybridized carbons (Fsp3) is 0.909. The second-order valence-electron chi connectivity index (χ2n) is 4.97. The summed E-state index contributed by atoms with van der Waals surface area (Å²) in [5, 5.41) is 6.05. The molecule has 0 bridgehead atoms. The summed E-state index contributed by atoms with van der Waals surface area (Å²) in [5.74, 6) is 0.945. The van der Waals surface area contributed by atoms with E-state index < -0.39 is 9.84 Å². The van der Waals surface area contributed by atoms with E-state index >= 15 is 0 Å². The number of carbonyl (C=O) groups excluding carboxylic acids is 1. The van der Waals surface area contributed by atoms with Crippen LogP contribution in [0.1, 0.15) is 25.7 Å². The fourth-order valence-electron chi connectivity index (χ4n) is 2.14. The first-order valence-electron chi connectivity index (χ1n) is 6.28. The summed E-state index contributed by atoms with van der Waals surface area (Å²) in [7, 11) is -2.84. The molecule has 1 amide bonds. The molecule has 2 aliphatic rings. The zero-order valence-corrected chi connectivity index (χ0v) is 10.8. The van der Waals surface area contributed by atoms with Gasteiger partial charge >= 0.3 is 0 Å². The molecule has 0 aromatic heterocycles. The molecular formula is C11H20N2O3S. The topological polar surface area (TPSA) is 75.3 Å². The monoisotopic (exact) mass is 260 g/mol. The van der Waals surface area contributed by atoms with Crippen LogP contribution in [0.3, 0.4) is 0 Å². The zero-order valence-electron chi connectivity index (χ0n) is 9.94. The van der Waals surface area contributed by atoms with Crippen LogP contribution in [0, 0.1) is 5.92 Å². The Morgan fingerprint density at radius 1 is 1.18 bits per heavy atom. The number of hydrogen-bond donors (Lipinski definition) is 2. The molecular weight excluding hydrogens is 240 g/mol. The van der Waals surface area contributed by atoms with Gasteiger partial charge in [0.05, 0.1) is 11.5 Å². The first-order valence-corrected chi connectivity index (χ1v) is 8.10. The number of sulfone groups is 1. The Morgan fingerprint density at radius 2 is 1.94 bits per heavy atom. The van der Waals surface area contributed by atoms with E-state index in [4.69, 9.17) is 0 Å². The highest BCUT2D eigenvalue weighted by molar-refractivity contribution is 7.91. The summed E-state index contributed by atoms with van der Waals surface area (Å²) in [4.78, 5) is 11.3. The van der Waals surface area contributed by atoms with Crippen LogP contribution in [-0.4, -0.2) is 45.0 Å². The minimum absolute atomic E-state index is 0.0616. The Morgan fingerprint density at radius 3 is 2.59 bits per heavy atom. The fourth-order valence-corrected chi connectivity index (χ4v) is 3.81. The lowest BCUT2D eigenvalue weighted by Gasteiger charge is -2.23. The number of rotatable bonds is 5. The molecule has 17 heavy (non-hydrogen) atoms. The predicted molar refractivity (Wildman–Crippen MR) is 65.4 cm³/mol. The first-order chi connectivity index (χ1) is 8.07. The third-order valence-electron chi connectivity index (χ3n) is 3.27. The van der Waals surface area contributed by atoms with E-state index in [9.17, 15) is 13.2 Å². The van der Waals surface area contributed by atoms with Crippen LogP contribution in [0.2, 0.25) is 0 Å². The minimum Gasteiger partial charge on any atom is -0.355 e. The highest BCUT2D eigenvalue weighted by atomic mass is 32.2. The summed E-state index contributed by atoms with van der Waals surface area (Å²) >= 11 is 0. The van der Waals surface area contributed by atoms with Crippen molar-refractivity contribution in [2.75, 3.05) is 24.6 Å². The molecule has 6 heteroatoms. The molecule has 0 spiro atoms. The quantitative estimate of drug-likeness (QED) is 0.664. The lowest BCUT2D eigenvalue weighted by atomic mass is 10.2. The van der Waals surface area contributed by atoms with Gasteiger partial charge in [0.2, 0.25) is 5.91 Å². The van der Waals surface area contributed by atoms with E-state index in [0.29, 0.717) is 18.8 Å². The van der Waals surface area contributed by atoms with Crippen molar-refractivity contribution >= 4 is 15.7 Å². The van der Waals surface area contributed by atoms with Gasteiger partial charge in [-0.1, -0.05) is 0 Å². The highest BCUT2D eigenvalue weighted by Gasteiger charge is 2.29. The van der Waals surface area contributed by atoms with Crippen molar-refractivity contribution in [3.8, 4) is 0 Å². The maximum Gasteiger partial charge on any atom is 0.223 e. The third kappa shape index (κ3) is 4.27. The summed E-state index contributed by atoms with van der Waals surface area (Å²) < 4.78 is 22.8. The second-order valence-corrected chi connectivity index (χ2v) is 7.20. The molecule has 5 nitrogen and oxygen atoms in total. The van der Waals surface area contributed by atoms with Gasteiger partial charge in [-0.15, -0.1) is 0 Å². The van der Waals surface area contributed by atoms with Crippen LogP contribution in [0.4, 0.5) is 0 Å². The minimum atomic E-state index is -2.84. The number of amides is 1. The molecule has 1 saturated heterocycles. The number of hydrogen-bond acceptors (Lipinski definition) is 4. The Balaban J connectivity index is 1.59. The van der Waals surface area contributed by atoms with Crippen LogP contribution in [0.25, 0.3) is 0 Å². The standard InChI is InChI=1S/C11H20N2O3S/c14-11(9-3-4-9)13-6-5-12-10-2-1-7-17(15,16)8-10/h9-10,12H,1-8H2,(H,13,14). The zero-order chi connectivity index (χ0) is 12.3. The molecule has 1 atom stereocenters. The molecule has 1 heterocycles. The molecule has 2 rings (SSSR count). The maximum absolute atomic E-state index is 11.4. The van der Waals surface area contributed by atoms with Gasteiger partial charge in [0, 0.05) is 25.0 Å². The largest absolute Gasteiger partial charge is 0.355 e. The van der Waals surface area contributed by atoms with E-state index in [-0.39, 0.29) is 23.6 Å². The van der Waals surface area contributed by atoms with Crippen LogP contribution in [-0.2, 0) is 14.6 Å². The van der Waals surface area contributed by atoms with E-state index in [0.717, 1.165) is 25.7 Å². The average molecular weight is 260 g/mol. The van der Waals surface area contributed by atoms with Crippen molar-refractivity contribution in [2.24, 2.45) is 5.92 Å². The van der Waals surface area contributed by atoms with E-state index in [2.05, 4.69) is 10.6 Å². The van der Waals surface area contributed by atoms with Gasteiger partial charge in [-0.2, -0.15) is 0 Å². The van der Waals surface area contributed by atoms with Crippen LogP contribution < -0.4 is 10.6 Å². The van der Waals surface area contributed by atoms with Gasteiger partial charge in [-0.3, -0.25) is 4.79 Å². The van der Waals surface area contributed by atoms with Gasteiger partial charge in [-0.25, -0.2) is 8.42 Å². The van der Waals surface area contributed by atoms with Crippen molar-refractivity contribution in [3.63, 3.8) is 0 Å². The van der Waals surface area contributed by atoms with Crippen LogP contribution in [0.5, 0.6) is 0 Å². The van der Waals surface area contributed by atoms with Gasteiger partial charge in [0.15, 0.2) is 9.84 Å². The van der Waals surface area contributed by atoms with Gasteiger partial charge in [0.25, 0.3) is 0 Å². The summed E-state index contributed by atoms with van der Waals surface area (Å²) in [5.41, 5.74) is 0. The van der Waals surface area contributed by atoms with Crippen LogP contribution >= 0.6 is 0 Å². The number of carbonyl (C=O) groups is 1. The van der Waals surface area contributed by atoms with E-state index in [1.54, 1.807) is 0 Å². The average Bonchev–Trinajstić information content (AvgIpc) is 3.06. The Bertz CT molecular complexity index is 376. The molecule has 1 aliphatic heterocycles. The number of nitrogens with one attached hydrogen (secondary N) is 2. The van der Waals surface area contributed by atoms with Crippen molar-refractivity contribution < 1.29 is 13.2 Å². The van der Waals surface area contributed by atoms with Crippen LogP contribution in [0.15, 0.2) is 0 Å². The van der Waals surface area contributed by atoms with Gasteiger partial charge in [-0.05, 0) is 25.7 Å². The Labute approximate surface area is 102 Å². The van der Waals surface area contributed by atoms with Gasteiger partial charge in [0.1, 0.15) is 0 Å². The van der Waals surface area contributed by atoms with Crippen molar-refractivity contribution in [1.29, 1.82) is 0 Å². The summed E-state index contributed by atoms with van der Waals surface area (Å²) in [6.07, 6.45) is 3.69. The molecule has 0 radical (unpaired) electrons. The molecule has 1 aliphatic carbocycles. The lowest BCUT2D eigenvalue weighted by molar-refractivity contribution is -0.122. The molecule has 2 N–H and O–H groups in total. The van der Waals surface area contributed by atoms with Gasteiger partial charge < -0.3 is 10.6 Å².